The van der Waals surface area contributed by atoms with Crippen LogP contribution in [0, 0.1) is 5.92 Å². The van der Waals surface area contributed by atoms with E-state index in [2.05, 4.69) is 40.1 Å². The number of hydrogen-bond acceptors (Lipinski definition) is 6. The van der Waals surface area contributed by atoms with Crippen LogP contribution >= 0.6 is 23.4 Å². The number of hydrazone groups is 1. The van der Waals surface area contributed by atoms with Crippen molar-refractivity contribution in [2.24, 2.45) is 11.0 Å². The molecule has 0 saturated carbocycles. The number of halogens is 1. The number of rotatable bonds is 8. The zero-order valence-corrected chi connectivity index (χ0v) is 23.4. The molecule has 0 spiro atoms. The van der Waals surface area contributed by atoms with Gasteiger partial charge in [0.25, 0.3) is 0 Å². The Morgan fingerprint density at radius 1 is 1.08 bits per heavy atom. The van der Waals surface area contributed by atoms with Crippen molar-refractivity contribution >= 4 is 46.6 Å². The minimum absolute atomic E-state index is 0.132. The fourth-order valence-corrected chi connectivity index (χ4v) is 6.09. The number of nitrogens with one attached hydrogen (secondary N) is 2. The largest absolute Gasteiger partial charge is 0.465 e. The zero-order valence-electron chi connectivity index (χ0n) is 21.8. The number of fused-ring (bicyclic) bond motifs is 3. The number of carbonyl (C=O) groups excluding carboxylic acids is 2. The zero-order chi connectivity index (χ0) is 27.4. The van der Waals surface area contributed by atoms with Gasteiger partial charge < -0.3 is 10.1 Å². The lowest BCUT2D eigenvalue weighted by Crippen LogP contribution is -2.29. The van der Waals surface area contributed by atoms with Crippen LogP contribution < -0.4 is 10.7 Å². The van der Waals surface area contributed by atoms with E-state index < -0.39 is 0 Å². The number of nitrogens with zero attached hydrogens (tertiary/aromatic N) is 1. The van der Waals surface area contributed by atoms with Crippen LogP contribution in [0.3, 0.4) is 0 Å². The van der Waals surface area contributed by atoms with E-state index in [0.29, 0.717) is 22.3 Å². The fourth-order valence-electron chi connectivity index (χ4n) is 5.18. The van der Waals surface area contributed by atoms with Gasteiger partial charge in [0.1, 0.15) is 0 Å². The molecule has 0 radical (unpaired) electrons. The maximum absolute atomic E-state index is 12.3. The molecule has 1 amide bonds. The van der Waals surface area contributed by atoms with Gasteiger partial charge in [0.05, 0.1) is 30.2 Å². The molecule has 0 saturated heterocycles. The van der Waals surface area contributed by atoms with Crippen LogP contribution in [0.2, 0.25) is 5.02 Å². The third-order valence-electron chi connectivity index (χ3n) is 7.23. The number of thioether (sulfide) groups is 1. The molecule has 5 rings (SSSR count). The standard InChI is InChI=1S/C31H30ClN3O3S/c1-19(34-35-29(36)18-39-17-20-6-13-24(32)14-7-20)23-12-15-28-27(16-23)25-4-3-5-26(25)30(33-28)21-8-10-22(11-9-21)31(37)38-2/h3-4,6-16,25-26,30,33H,5,17-18H2,1-2H3,(H,35,36)/b34-19-/t25-,26+,30+/m1/s1. The van der Waals surface area contributed by atoms with Crippen molar-refractivity contribution in [1.82, 2.24) is 5.43 Å². The number of benzene rings is 3. The van der Waals surface area contributed by atoms with Crippen molar-refractivity contribution in [1.29, 1.82) is 0 Å². The molecule has 1 aliphatic heterocycles. The first-order chi connectivity index (χ1) is 18.9. The summed E-state index contributed by atoms with van der Waals surface area (Å²) < 4.78 is 4.83. The molecule has 2 N–H and O–H groups in total. The fraction of sp³-hybridized carbons (Fsp3) is 0.258. The number of ether oxygens (including phenoxy) is 1. The number of allylic oxidation sites excluding steroid dienone is 2. The Morgan fingerprint density at radius 2 is 1.82 bits per heavy atom. The van der Waals surface area contributed by atoms with Crippen LogP contribution in [0.1, 0.15) is 57.9 Å². The summed E-state index contributed by atoms with van der Waals surface area (Å²) >= 11 is 7.46. The summed E-state index contributed by atoms with van der Waals surface area (Å²) in [6.07, 6.45) is 5.51. The molecule has 0 fully saturated rings. The Morgan fingerprint density at radius 3 is 2.56 bits per heavy atom. The maximum atomic E-state index is 12.3. The molecule has 6 nitrogen and oxygen atoms in total. The Bertz CT molecular complexity index is 1420. The van der Waals surface area contributed by atoms with Crippen LogP contribution in [-0.4, -0.2) is 30.5 Å². The Hall–Kier alpha value is -3.55. The molecule has 3 aromatic carbocycles. The first kappa shape index (κ1) is 27.0. The van der Waals surface area contributed by atoms with Gasteiger partial charge in [0.2, 0.25) is 5.91 Å². The molecular weight excluding hydrogens is 530 g/mol. The molecular formula is C31H30ClN3O3S. The van der Waals surface area contributed by atoms with Crippen LogP contribution in [0.4, 0.5) is 5.69 Å². The normalized spacial score (nSPS) is 19.6. The Kier molecular flexibility index (Phi) is 8.38. The molecule has 0 aromatic heterocycles. The average molecular weight is 560 g/mol. The molecule has 3 aromatic rings. The molecule has 8 heteroatoms. The van der Waals surface area contributed by atoms with Crippen molar-refractivity contribution in [3.8, 4) is 0 Å². The van der Waals surface area contributed by atoms with Crippen molar-refractivity contribution in [2.45, 2.75) is 31.1 Å². The summed E-state index contributed by atoms with van der Waals surface area (Å²) in [6.45, 7) is 1.91. The molecule has 2 aliphatic rings. The highest BCUT2D eigenvalue weighted by atomic mass is 35.5. The van der Waals surface area contributed by atoms with Gasteiger partial charge in [0.15, 0.2) is 0 Å². The van der Waals surface area contributed by atoms with Crippen molar-refractivity contribution in [2.75, 3.05) is 18.2 Å². The second kappa shape index (κ2) is 12.1. The lowest BCUT2D eigenvalue weighted by Gasteiger charge is -2.37. The second-order valence-electron chi connectivity index (χ2n) is 9.74. The number of hydrogen-bond donors (Lipinski definition) is 2. The van der Waals surface area contributed by atoms with E-state index in [1.54, 1.807) is 0 Å². The Labute approximate surface area is 237 Å². The highest BCUT2D eigenvalue weighted by Crippen LogP contribution is 2.50. The summed E-state index contributed by atoms with van der Waals surface area (Å²) in [5, 5.41) is 8.80. The minimum atomic E-state index is -0.332. The quantitative estimate of drug-likeness (QED) is 0.138. The first-order valence-electron chi connectivity index (χ1n) is 12.8. The molecule has 3 atom stereocenters. The molecule has 1 aliphatic carbocycles. The van der Waals surface area contributed by atoms with Gasteiger partial charge in [-0.05, 0) is 77.9 Å². The molecule has 200 valence electrons. The average Bonchev–Trinajstić information content (AvgIpc) is 3.46. The molecule has 1 heterocycles. The SMILES string of the molecule is COC(=O)c1ccc([C@@H]2Nc3ccc(/C(C)=N\NC(=O)CSCc4ccc(Cl)cc4)cc3[C@@H]3C=CC[C@@H]32)cc1. The first-order valence-corrected chi connectivity index (χ1v) is 14.4. The van der Waals surface area contributed by atoms with Crippen LogP contribution in [0.15, 0.2) is 84.0 Å². The molecule has 0 unspecified atom stereocenters. The van der Waals surface area contributed by atoms with E-state index in [4.69, 9.17) is 16.3 Å². The third kappa shape index (κ3) is 6.21. The van der Waals surface area contributed by atoms with Gasteiger partial charge in [0, 0.05) is 22.4 Å². The lowest BCUT2D eigenvalue weighted by atomic mass is 9.76. The Balaban J connectivity index is 1.24. The van der Waals surface area contributed by atoms with Gasteiger partial charge in [-0.15, -0.1) is 11.8 Å². The predicted octanol–water partition coefficient (Wildman–Crippen LogP) is 6.73. The van der Waals surface area contributed by atoms with Crippen molar-refractivity contribution in [3.63, 3.8) is 0 Å². The van der Waals surface area contributed by atoms with E-state index in [1.165, 1.54) is 24.4 Å². The van der Waals surface area contributed by atoms with Gasteiger partial charge >= 0.3 is 5.97 Å². The summed E-state index contributed by atoms with van der Waals surface area (Å²) in [4.78, 5) is 24.2. The van der Waals surface area contributed by atoms with E-state index in [-0.39, 0.29) is 23.8 Å². The number of esters is 1. The monoisotopic (exact) mass is 559 g/mol. The molecule has 0 bridgehead atoms. The third-order valence-corrected chi connectivity index (χ3v) is 8.49. The summed E-state index contributed by atoms with van der Waals surface area (Å²) in [5.74, 6) is 1.24. The molecule has 39 heavy (non-hydrogen) atoms. The van der Waals surface area contributed by atoms with E-state index in [9.17, 15) is 9.59 Å². The van der Waals surface area contributed by atoms with Gasteiger partial charge in [-0.1, -0.05) is 54.1 Å². The van der Waals surface area contributed by atoms with Crippen LogP contribution in [-0.2, 0) is 15.3 Å². The van der Waals surface area contributed by atoms with E-state index in [0.717, 1.165) is 40.3 Å². The summed E-state index contributed by atoms with van der Waals surface area (Å²) in [7, 11) is 1.39. The highest BCUT2D eigenvalue weighted by Gasteiger charge is 2.38. The predicted molar refractivity (Wildman–Crippen MR) is 159 cm³/mol. The minimum Gasteiger partial charge on any atom is -0.465 e. The van der Waals surface area contributed by atoms with Gasteiger partial charge in [-0.25, -0.2) is 10.2 Å². The number of methoxy groups -OCH3 is 1. The van der Waals surface area contributed by atoms with Gasteiger partial charge in [-0.2, -0.15) is 5.10 Å². The topological polar surface area (TPSA) is 79.8 Å². The van der Waals surface area contributed by atoms with Crippen molar-refractivity contribution in [3.05, 3.63) is 112 Å². The second-order valence-corrected chi connectivity index (χ2v) is 11.2. The van der Waals surface area contributed by atoms with E-state index >= 15 is 0 Å². The number of amides is 1. The number of carbonyl (C=O) groups is 2. The van der Waals surface area contributed by atoms with E-state index in [1.807, 2.05) is 61.5 Å². The summed E-state index contributed by atoms with van der Waals surface area (Å²) in [6, 6.07) is 21.7. The lowest BCUT2D eigenvalue weighted by molar-refractivity contribution is -0.118. The highest BCUT2D eigenvalue weighted by molar-refractivity contribution is 7.99. The smallest absolute Gasteiger partial charge is 0.337 e. The van der Waals surface area contributed by atoms with Crippen LogP contribution in [0.25, 0.3) is 0 Å². The van der Waals surface area contributed by atoms with Crippen molar-refractivity contribution < 1.29 is 14.3 Å². The summed E-state index contributed by atoms with van der Waals surface area (Å²) in [5.41, 5.74) is 9.56. The van der Waals surface area contributed by atoms with Crippen LogP contribution in [0.5, 0.6) is 0 Å². The van der Waals surface area contributed by atoms with Gasteiger partial charge in [-0.3, -0.25) is 4.79 Å². The number of anilines is 1. The maximum Gasteiger partial charge on any atom is 0.337 e.